The van der Waals surface area contributed by atoms with Crippen LogP contribution in [0.3, 0.4) is 0 Å². The molecule has 1 aromatic carbocycles. The van der Waals surface area contributed by atoms with E-state index in [4.69, 9.17) is 10.5 Å². The van der Waals surface area contributed by atoms with Crippen LogP contribution in [-0.2, 0) is 16.1 Å². The lowest BCUT2D eigenvalue weighted by molar-refractivity contribution is -0.126. The molecule has 0 saturated heterocycles. The van der Waals surface area contributed by atoms with Gasteiger partial charge in [0.15, 0.2) is 6.61 Å². The summed E-state index contributed by atoms with van der Waals surface area (Å²) in [5, 5.41) is 5.67. The Labute approximate surface area is 143 Å². The number of carbonyl (C=O) groups is 2. The first-order chi connectivity index (χ1) is 11.6. The number of likely N-dealkylation sites (N-methyl/N-ethyl adjacent to an activating group) is 1. The standard InChI is InChI=1S/C18H27N3O3/c1-2-20-17(22)12-24-15-7-3-5-13(9-15)11-21-18(23)16-8-4-6-14(16)10-19/h3,5,7,9,14,16H,2,4,6,8,10-12,19H2,1H3,(H,20,22)(H,21,23)/t14-,16-/m1/s1. The van der Waals surface area contributed by atoms with Crippen LogP contribution >= 0.6 is 0 Å². The summed E-state index contributed by atoms with van der Waals surface area (Å²) in [5.41, 5.74) is 6.68. The Morgan fingerprint density at radius 2 is 2.12 bits per heavy atom. The normalized spacial score (nSPS) is 19.8. The van der Waals surface area contributed by atoms with E-state index < -0.39 is 0 Å². The number of nitrogens with two attached hydrogens (primary N) is 1. The SMILES string of the molecule is CCNC(=O)COc1cccc(CNC(=O)[C@@H]2CCC[C@@H]2CN)c1. The van der Waals surface area contributed by atoms with Crippen LogP contribution in [0.25, 0.3) is 0 Å². The van der Waals surface area contributed by atoms with Gasteiger partial charge < -0.3 is 21.1 Å². The van der Waals surface area contributed by atoms with Gasteiger partial charge in [-0.1, -0.05) is 18.6 Å². The second-order valence-electron chi connectivity index (χ2n) is 6.14. The molecule has 24 heavy (non-hydrogen) atoms. The first-order valence-corrected chi connectivity index (χ1v) is 8.60. The lowest BCUT2D eigenvalue weighted by Gasteiger charge is -2.17. The van der Waals surface area contributed by atoms with Crippen molar-refractivity contribution >= 4 is 11.8 Å². The molecule has 2 rings (SSSR count). The number of amides is 2. The Kier molecular flexibility index (Phi) is 7.06. The Balaban J connectivity index is 1.83. The molecule has 2 atom stereocenters. The highest BCUT2D eigenvalue weighted by atomic mass is 16.5. The highest BCUT2D eigenvalue weighted by Gasteiger charge is 2.31. The maximum atomic E-state index is 12.3. The third-order valence-electron chi connectivity index (χ3n) is 4.41. The summed E-state index contributed by atoms with van der Waals surface area (Å²) in [5.74, 6) is 0.888. The van der Waals surface area contributed by atoms with Gasteiger partial charge in [0.05, 0.1) is 0 Å². The zero-order valence-corrected chi connectivity index (χ0v) is 14.2. The number of hydrogen-bond donors (Lipinski definition) is 3. The van der Waals surface area contributed by atoms with Gasteiger partial charge in [-0.3, -0.25) is 9.59 Å². The largest absolute Gasteiger partial charge is 0.484 e. The molecule has 1 fully saturated rings. The van der Waals surface area contributed by atoms with Crippen LogP contribution < -0.4 is 21.1 Å². The summed E-state index contributed by atoms with van der Waals surface area (Å²) < 4.78 is 5.46. The maximum absolute atomic E-state index is 12.3. The molecule has 0 aliphatic heterocycles. The van der Waals surface area contributed by atoms with Crippen LogP contribution in [0.5, 0.6) is 5.75 Å². The Hall–Kier alpha value is -2.08. The van der Waals surface area contributed by atoms with E-state index >= 15 is 0 Å². The molecule has 6 heteroatoms. The average Bonchev–Trinajstić information content (AvgIpc) is 3.07. The van der Waals surface area contributed by atoms with E-state index in [9.17, 15) is 9.59 Å². The van der Waals surface area contributed by atoms with Gasteiger partial charge in [0.2, 0.25) is 5.91 Å². The van der Waals surface area contributed by atoms with Crippen molar-refractivity contribution in [2.45, 2.75) is 32.7 Å². The highest BCUT2D eigenvalue weighted by Crippen LogP contribution is 2.31. The van der Waals surface area contributed by atoms with E-state index in [1.165, 1.54) is 0 Å². The van der Waals surface area contributed by atoms with E-state index in [1.807, 2.05) is 25.1 Å². The summed E-state index contributed by atoms with van der Waals surface area (Å²) in [4.78, 5) is 23.7. The van der Waals surface area contributed by atoms with Gasteiger partial charge in [0, 0.05) is 19.0 Å². The molecule has 6 nitrogen and oxygen atoms in total. The Morgan fingerprint density at radius 1 is 1.29 bits per heavy atom. The van der Waals surface area contributed by atoms with Crippen molar-refractivity contribution in [3.05, 3.63) is 29.8 Å². The first-order valence-electron chi connectivity index (χ1n) is 8.60. The molecule has 0 radical (unpaired) electrons. The molecule has 1 aliphatic rings. The van der Waals surface area contributed by atoms with Crippen molar-refractivity contribution in [1.29, 1.82) is 0 Å². The summed E-state index contributed by atoms with van der Waals surface area (Å²) >= 11 is 0. The maximum Gasteiger partial charge on any atom is 0.257 e. The lowest BCUT2D eigenvalue weighted by atomic mass is 9.95. The molecule has 132 valence electrons. The second kappa shape index (κ2) is 9.27. The predicted octanol–water partition coefficient (Wildman–Crippen LogP) is 1.19. The second-order valence-corrected chi connectivity index (χ2v) is 6.14. The zero-order chi connectivity index (χ0) is 17.4. The van der Waals surface area contributed by atoms with Crippen molar-refractivity contribution in [2.24, 2.45) is 17.6 Å². The van der Waals surface area contributed by atoms with Crippen LogP contribution in [0, 0.1) is 11.8 Å². The fraction of sp³-hybridized carbons (Fsp3) is 0.556. The minimum atomic E-state index is -0.148. The van der Waals surface area contributed by atoms with Crippen molar-refractivity contribution in [1.82, 2.24) is 10.6 Å². The highest BCUT2D eigenvalue weighted by molar-refractivity contribution is 5.79. The fourth-order valence-corrected chi connectivity index (χ4v) is 3.13. The quantitative estimate of drug-likeness (QED) is 0.666. The lowest BCUT2D eigenvalue weighted by Crippen LogP contribution is -2.34. The van der Waals surface area contributed by atoms with Gasteiger partial charge in [0.1, 0.15) is 5.75 Å². The van der Waals surface area contributed by atoms with Crippen LogP contribution in [-0.4, -0.2) is 31.5 Å². The predicted molar refractivity (Wildman–Crippen MR) is 92.4 cm³/mol. The van der Waals surface area contributed by atoms with Crippen LogP contribution in [0.1, 0.15) is 31.7 Å². The van der Waals surface area contributed by atoms with E-state index in [2.05, 4.69) is 10.6 Å². The van der Waals surface area contributed by atoms with Crippen molar-refractivity contribution in [2.75, 3.05) is 19.7 Å². The van der Waals surface area contributed by atoms with Crippen LogP contribution in [0.4, 0.5) is 0 Å². The third-order valence-corrected chi connectivity index (χ3v) is 4.41. The van der Waals surface area contributed by atoms with E-state index in [0.29, 0.717) is 31.3 Å². The van der Waals surface area contributed by atoms with E-state index in [1.54, 1.807) is 6.07 Å². The molecule has 1 saturated carbocycles. The number of benzene rings is 1. The average molecular weight is 333 g/mol. The van der Waals surface area contributed by atoms with Gasteiger partial charge >= 0.3 is 0 Å². The molecule has 1 aliphatic carbocycles. The Morgan fingerprint density at radius 3 is 2.88 bits per heavy atom. The number of nitrogens with one attached hydrogen (secondary N) is 2. The zero-order valence-electron chi connectivity index (χ0n) is 14.2. The number of hydrogen-bond acceptors (Lipinski definition) is 4. The molecular formula is C18H27N3O3. The third kappa shape index (κ3) is 5.23. The van der Waals surface area contributed by atoms with Gasteiger partial charge in [0.25, 0.3) is 5.91 Å². The fourth-order valence-electron chi connectivity index (χ4n) is 3.13. The van der Waals surface area contributed by atoms with Crippen LogP contribution in [0.15, 0.2) is 24.3 Å². The molecule has 0 heterocycles. The monoisotopic (exact) mass is 333 g/mol. The molecule has 0 aromatic heterocycles. The first kappa shape index (κ1) is 18.3. The van der Waals surface area contributed by atoms with Gasteiger partial charge in [-0.05, 0) is 49.9 Å². The van der Waals surface area contributed by atoms with E-state index in [-0.39, 0.29) is 24.3 Å². The molecule has 0 unspecified atom stereocenters. The van der Waals surface area contributed by atoms with Crippen LogP contribution in [0.2, 0.25) is 0 Å². The summed E-state index contributed by atoms with van der Waals surface area (Å²) in [7, 11) is 0. The topological polar surface area (TPSA) is 93.5 Å². The van der Waals surface area contributed by atoms with Gasteiger partial charge in [-0.25, -0.2) is 0 Å². The number of rotatable bonds is 8. The Bertz CT molecular complexity index is 562. The smallest absolute Gasteiger partial charge is 0.257 e. The minimum Gasteiger partial charge on any atom is -0.484 e. The van der Waals surface area contributed by atoms with Crippen molar-refractivity contribution < 1.29 is 14.3 Å². The number of ether oxygens (including phenoxy) is 1. The summed E-state index contributed by atoms with van der Waals surface area (Å²) in [6, 6.07) is 7.42. The molecular weight excluding hydrogens is 306 g/mol. The summed E-state index contributed by atoms with van der Waals surface area (Å²) in [6.07, 6.45) is 3.03. The molecule has 0 spiro atoms. The van der Waals surface area contributed by atoms with Gasteiger partial charge in [-0.2, -0.15) is 0 Å². The minimum absolute atomic E-state index is 0.0100. The molecule has 4 N–H and O–H groups in total. The summed E-state index contributed by atoms with van der Waals surface area (Å²) in [6.45, 7) is 3.45. The van der Waals surface area contributed by atoms with Crippen molar-refractivity contribution in [3.63, 3.8) is 0 Å². The molecule has 1 aromatic rings. The van der Waals surface area contributed by atoms with E-state index in [0.717, 1.165) is 24.8 Å². The molecule has 2 amide bonds. The number of carbonyl (C=O) groups excluding carboxylic acids is 2. The van der Waals surface area contributed by atoms with Crippen molar-refractivity contribution in [3.8, 4) is 5.75 Å². The molecule has 0 bridgehead atoms. The van der Waals surface area contributed by atoms with Gasteiger partial charge in [-0.15, -0.1) is 0 Å².